The molecule has 3 rings (SSSR count). The van der Waals surface area contributed by atoms with Gasteiger partial charge >= 0.3 is 5.97 Å². The van der Waals surface area contributed by atoms with E-state index in [-0.39, 0.29) is 12.2 Å². The molecule has 3 heterocycles. The quantitative estimate of drug-likeness (QED) is 0.501. The van der Waals surface area contributed by atoms with E-state index >= 15 is 0 Å². The molecule has 22 heavy (non-hydrogen) atoms. The maximum atomic E-state index is 11.8. The van der Waals surface area contributed by atoms with E-state index in [9.17, 15) is 9.59 Å². The van der Waals surface area contributed by atoms with Gasteiger partial charge in [-0.15, -0.1) is 22.7 Å². The Balaban J connectivity index is 1.64. The van der Waals surface area contributed by atoms with Gasteiger partial charge in [-0.3, -0.25) is 9.20 Å². The molecule has 0 saturated carbocycles. The van der Waals surface area contributed by atoms with E-state index in [0.29, 0.717) is 10.7 Å². The van der Waals surface area contributed by atoms with Crippen LogP contribution >= 0.6 is 38.6 Å². The van der Waals surface area contributed by atoms with Crippen molar-refractivity contribution in [3.8, 4) is 0 Å². The van der Waals surface area contributed by atoms with Gasteiger partial charge in [0.25, 0.3) is 5.56 Å². The monoisotopic (exact) mass is 396 g/mol. The minimum Gasteiger partial charge on any atom is -0.456 e. The zero-order valence-electron chi connectivity index (χ0n) is 11.1. The Hall–Kier alpha value is -1.77. The SMILES string of the molecule is O=C(/C=C/c1ccc(Br)s1)OCc1cc(=O)n2ccsc2n1. The molecule has 0 bridgehead atoms. The molecule has 0 atom stereocenters. The largest absolute Gasteiger partial charge is 0.456 e. The Kier molecular flexibility index (Phi) is 4.51. The van der Waals surface area contributed by atoms with Gasteiger partial charge in [-0.05, 0) is 34.1 Å². The number of thiazole rings is 1. The Morgan fingerprint density at radius 3 is 3.09 bits per heavy atom. The van der Waals surface area contributed by atoms with Gasteiger partial charge < -0.3 is 4.74 Å². The standard InChI is InChI=1S/C14H9BrN2O3S2/c15-11-3-1-10(22-11)2-4-13(19)20-8-9-7-12(18)17-5-6-21-14(17)16-9/h1-7H,8H2/b4-2+. The number of hydrogen-bond donors (Lipinski definition) is 0. The molecule has 112 valence electrons. The van der Waals surface area contributed by atoms with E-state index < -0.39 is 5.97 Å². The van der Waals surface area contributed by atoms with Crippen molar-refractivity contribution >= 4 is 55.6 Å². The van der Waals surface area contributed by atoms with Gasteiger partial charge in [0.05, 0.1) is 9.48 Å². The highest BCUT2D eigenvalue weighted by atomic mass is 79.9. The van der Waals surface area contributed by atoms with Gasteiger partial charge in [-0.1, -0.05) is 0 Å². The summed E-state index contributed by atoms with van der Waals surface area (Å²) in [7, 11) is 0. The number of thiophene rings is 1. The number of hydrogen-bond acceptors (Lipinski definition) is 6. The molecule has 0 fully saturated rings. The van der Waals surface area contributed by atoms with Crippen LogP contribution in [-0.2, 0) is 16.1 Å². The molecule has 5 nitrogen and oxygen atoms in total. The molecular formula is C14H9BrN2O3S2. The molecule has 0 unspecified atom stereocenters. The van der Waals surface area contributed by atoms with Crippen LogP contribution in [-0.4, -0.2) is 15.4 Å². The first-order valence-electron chi connectivity index (χ1n) is 6.18. The van der Waals surface area contributed by atoms with Crippen molar-refractivity contribution < 1.29 is 9.53 Å². The highest BCUT2D eigenvalue weighted by Crippen LogP contribution is 2.22. The fourth-order valence-corrected chi connectivity index (χ4v) is 3.79. The van der Waals surface area contributed by atoms with E-state index in [1.165, 1.54) is 39.2 Å². The number of carbonyl (C=O) groups is 1. The number of fused-ring (bicyclic) bond motifs is 1. The minimum atomic E-state index is -0.474. The summed E-state index contributed by atoms with van der Waals surface area (Å²) in [6.45, 7) is -0.0268. The zero-order chi connectivity index (χ0) is 15.5. The first-order chi connectivity index (χ1) is 10.6. The van der Waals surface area contributed by atoms with Crippen molar-refractivity contribution in [3.63, 3.8) is 0 Å². The van der Waals surface area contributed by atoms with E-state index in [2.05, 4.69) is 20.9 Å². The van der Waals surface area contributed by atoms with Crippen molar-refractivity contribution in [1.82, 2.24) is 9.38 Å². The second-order valence-corrected chi connectivity index (χ2v) is 7.59. The van der Waals surface area contributed by atoms with Crippen molar-refractivity contribution in [2.24, 2.45) is 0 Å². The van der Waals surface area contributed by atoms with Crippen molar-refractivity contribution in [1.29, 1.82) is 0 Å². The number of rotatable bonds is 4. The number of ether oxygens (including phenoxy) is 1. The number of esters is 1. The molecule has 0 amide bonds. The van der Waals surface area contributed by atoms with Gasteiger partial charge in [0.1, 0.15) is 6.61 Å². The molecule has 8 heteroatoms. The Bertz CT molecular complexity index is 910. The van der Waals surface area contributed by atoms with Crippen LogP contribution in [0.25, 0.3) is 11.0 Å². The molecular weight excluding hydrogens is 388 g/mol. The molecule has 0 saturated heterocycles. The van der Waals surface area contributed by atoms with Crippen LogP contribution in [0.2, 0.25) is 0 Å². The minimum absolute atomic E-state index is 0.0268. The van der Waals surface area contributed by atoms with E-state index in [0.717, 1.165) is 8.66 Å². The lowest BCUT2D eigenvalue weighted by Gasteiger charge is -2.01. The molecule has 0 aliphatic rings. The maximum absolute atomic E-state index is 11.8. The van der Waals surface area contributed by atoms with Crippen LogP contribution in [0.1, 0.15) is 10.6 Å². The number of carbonyl (C=O) groups excluding carboxylic acids is 1. The molecule has 3 aromatic heterocycles. The number of nitrogens with zero attached hydrogens (tertiary/aromatic N) is 2. The van der Waals surface area contributed by atoms with Crippen molar-refractivity contribution in [3.05, 3.63) is 60.6 Å². The van der Waals surface area contributed by atoms with Crippen LogP contribution in [0, 0.1) is 0 Å². The average molecular weight is 397 g/mol. The summed E-state index contributed by atoms with van der Waals surface area (Å²) in [4.78, 5) is 29.3. The molecule has 0 N–H and O–H groups in total. The molecule has 0 aliphatic carbocycles. The average Bonchev–Trinajstić information content (AvgIpc) is 3.12. The van der Waals surface area contributed by atoms with Gasteiger partial charge in [-0.25, -0.2) is 9.78 Å². The Labute approximate surface area is 141 Å². The molecule has 0 aliphatic heterocycles. The molecule has 0 radical (unpaired) electrons. The highest BCUT2D eigenvalue weighted by Gasteiger charge is 2.05. The number of halogens is 1. The van der Waals surface area contributed by atoms with Gasteiger partial charge in [-0.2, -0.15) is 0 Å². The smallest absolute Gasteiger partial charge is 0.331 e. The normalized spacial score (nSPS) is 11.3. The van der Waals surface area contributed by atoms with E-state index in [4.69, 9.17) is 4.74 Å². The van der Waals surface area contributed by atoms with Crippen molar-refractivity contribution in [2.75, 3.05) is 0 Å². The molecule has 3 aromatic rings. The lowest BCUT2D eigenvalue weighted by atomic mass is 10.4. The third-order valence-corrected chi connectivity index (χ3v) is 5.04. The first kappa shape index (κ1) is 15.1. The Morgan fingerprint density at radius 2 is 2.32 bits per heavy atom. The second kappa shape index (κ2) is 6.55. The van der Waals surface area contributed by atoms with Gasteiger partial charge in [0.2, 0.25) is 0 Å². The lowest BCUT2D eigenvalue weighted by molar-refractivity contribution is -0.139. The summed E-state index contributed by atoms with van der Waals surface area (Å²) < 4.78 is 7.54. The topological polar surface area (TPSA) is 60.7 Å². The van der Waals surface area contributed by atoms with Gasteiger partial charge in [0.15, 0.2) is 4.96 Å². The second-order valence-electron chi connectivity index (χ2n) is 4.22. The molecule has 0 spiro atoms. The first-order valence-corrected chi connectivity index (χ1v) is 8.67. The van der Waals surface area contributed by atoms with Crippen LogP contribution in [0.4, 0.5) is 0 Å². The zero-order valence-corrected chi connectivity index (χ0v) is 14.3. The van der Waals surface area contributed by atoms with Crippen LogP contribution in [0.5, 0.6) is 0 Å². The summed E-state index contributed by atoms with van der Waals surface area (Å²) in [5.74, 6) is -0.474. The predicted molar refractivity (Wildman–Crippen MR) is 90.2 cm³/mol. The fourth-order valence-electron chi connectivity index (χ4n) is 1.72. The third kappa shape index (κ3) is 3.52. The highest BCUT2D eigenvalue weighted by molar-refractivity contribution is 9.11. The van der Waals surface area contributed by atoms with Crippen LogP contribution in [0.15, 0.2) is 44.4 Å². The van der Waals surface area contributed by atoms with Crippen LogP contribution < -0.4 is 5.56 Å². The number of aromatic nitrogens is 2. The predicted octanol–water partition coefficient (Wildman–Crippen LogP) is 3.34. The van der Waals surface area contributed by atoms with Gasteiger partial charge in [0, 0.05) is 28.6 Å². The maximum Gasteiger partial charge on any atom is 0.331 e. The van der Waals surface area contributed by atoms with E-state index in [1.54, 1.807) is 17.7 Å². The summed E-state index contributed by atoms with van der Waals surface area (Å²) in [5, 5.41) is 1.78. The van der Waals surface area contributed by atoms with Crippen molar-refractivity contribution in [2.45, 2.75) is 6.61 Å². The lowest BCUT2D eigenvalue weighted by Crippen LogP contribution is -2.14. The Morgan fingerprint density at radius 1 is 1.45 bits per heavy atom. The fraction of sp³-hybridized carbons (Fsp3) is 0.0714. The van der Waals surface area contributed by atoms with E-state index in [1.807, 2.05) is 12.1 Å². The molecule has 0 aromatic carbocycles. The summed E-state index contributed by atoms with van der Waals surface area (Å²) in [6, 6.07) is 5.17. The summed E-state index contributed by atoms with van der Waals surface area (Å²) in [5.41, 5.74) is 0.254. The summed E-state index contributed by atoms with van der Waals surface area (Å²) >= 11 is 6.22. The summed E-state index contributed by atoms with van der Waals surface area (Å²) in [6.07, 6.45) is 4.70. The third-order valence-electron chi connectivity index (χ3n) is 2.70. The van der Waals surface area contributed by atoms with Crippen LogP contribution in [0.3, 0.4) is 0 Å².